The lowest BCUT2D eigenvalue weighted by Crippen LogP contribution is -2.64. The Bertz CT molecular complexity index is 2000. The van der Waals surface area contributed by atoms with Gasteiger partial charge in [0.2, 0.25) is 5.79 Å². The average Bonchev–Trinajstić information content (AvgIpc) is 4.15. The summed E-state index contributed by atoms with van der Waals surface area (Å²) in [7, 11) is 0. The Labute approximate surface area is 482 Å². The third-order valence-electron chi connectivity index (χ3n) is 20.5. The molecule has 462 valence electrons. The summed E-state index contributed by atoms with van der Waals surface area (Å²) in [6.07, 6.45) is 21.3. The number of carbonyl (C=O) groups is 2. The number of carboxylic acid groups (broad SMARTS) is 1. The molecule has 22 atom stereocenters. The molecule has 0 bridgehead atoms. The van der Waals surface area contributed by atoms with Crippen LogP contribution in [-0.4, -0.2) is 132 Å². The molecule has 0 amide bonds. The number of aliphatic hydroxyl groups excluding tert-OH is 1. The summed E-state index contributed by atoms with van der Waals surface area (Å²) >= 11 is 0. The van der Waals surface area contributed by atoms with E-state index < -0.39 is 100 Å². The van der Waals surface area contributed by atoms with E-state index in [2.05, 4.69) is 31.2 Å². The first-order valence-electron chi connectivity index (χ1n) is 32.0. The zero-order valence-corrected chi connectivity index (χ0v) is 51.6. The van der Waals surface area contributed by atoms with Gasteiger partial charge in [0, 0.05) is 36.5 Å². The fraction of sp³-hybridized carbons (Fsp3) is 0.908. The molecule has 6 saturated heterocycles. The number of aliphatic hydroxyl groups is 5. The van der Waals surface area contributed by atoms with E-state index in [-0.39, 0.29) is 54.8 Å². The van der Waals surface area contributed by atoms with Crippen molar-refractivity contribution in [3.05, 3.63) is 24.3 Å². The molecule has 0 aromatic heterocycles. The maximum absolute atomic E-state index is 14.2. The molecule has 0 aromatic rings. The Hall–Kier alpha value is -2.02. The highest BCUT2D eigenvalue weighted by atomic mass is 16.7. The lowest BCUT2D eigenvalue weighted by molar-refractivity contribution is -0.374. The Balaban J connectivity index is 1.14. The number of allylic oxidation sites excluding steroid dienone is 4. The lowest BCUT2D eigenvalue weighted by atomic mass is 9.76. The highest BCUT2D eigenvalue weighted by molar-refractivity contribution is 5.70. The average molecular weight is 1130 g/mol. The second-order valence-electron chi connectivity index (χ2n) is 27.2. The van der Waals surface area contributed by atoms with E-state index >= 15 is 0 Å². The minimum absolute atomic E-state index is 0.0131. The van der Waals surface area contributed by atoms with Crippen LogP contribution < -0.4 is 0 Å². The quantitative estimate of drug-likeness (QED) is 0.0244. The molecule has 6 aliphatic rings. The zero-order chi connectivity index (χ0) is 58.8. The monoisotopic (exact) mass is 1130 g/mol. The SMILES string of the molecule is CCCCC/C=C\C/C=C\CCCCCCCC(=O)O[C@H]([C@@H]1CC[C@@](C)([C@]2(O)O[C@](C)([C@H]3CC[C@@](C)(O)[C@H](CC)O3)C[C@H]2C)O1)[C@]1(O)O[C@H](C[C@@]2(O)O[C@@H]([C@@H](C)[C@H](O)C[C@H]3CC[C@H](C)[C@@H]([C@@H](C)C(=O)O)O3)CC[C@@H]2C)[C@@H](C)C[C@H]1C. The minimum atomic E-state index is -2.06. The second-order valence-corrected chi connectivity index (χ2v) is 27.2. The molecule has 6 rings (SSSR count). The predicted molar refractivity (Wildman–Crippen MR) is 308 cm³/mol. The molecule has 0 radical (unpaired) electrons. The van der Waals surface area contributed by atoms with Crippen molar-refractivity contribution in [3.63, 3.8) is 0 Å². The van der Waals surface area contributed by atoms with Crippen LogP contribution in [0.4, 0.5) is 0 Å². The number of carbonyl (C=O) groups excluding carboxylic acids is 1. The van der Waals surface area contributed by atoms with Gasteiger partial charge in [-0.3, -0.25) is 9.59 Å². The topological polar surface area (TPSA) is 220 Å². The van der Waals surface area contributed by atoms with Crippen LogP contribution in [0.25, 0.3) is 0 Å². The normalized spacial score (nSPS) is 42.4. The van der Waals surface area contributed by atoms with E-state index in [0.29, 0.717) is 77.0 Å². The van der Waals surface area contributed by atoms with Gasteiger partial charge in [-0.15, -0.1) is 0 Å². The van der Waals surface area contributed by atoms with E-state index in [9.17, 15) is 40.2 Å². The van der Waals surface area contributed by atoms with Crippen LogP contribution in [0, 0.1) is 41.4 Å². The smallest absolute Gasteiger partial charge is 0.308 e. The molecule has 6 aliphatic heterocycles. The molecule has 6 heterocycles. The molecule has 6 fully saturated rings. The standard InChI is InChI=1S/C65H112O15/c1-13-15-16-17-18-19-20-21-22-23-24-25-26-27-28-29-56(67)76-58(52-34-37-62(12,77-52)65(73)46(7)40-61(11,80-65)55-35-36-60(10,70)54(14-2)75-55)64(72)45(6)38-43(4)53(79-64)41-63(71)44(5)31-33-51(78-63)47(8)50(66)39-49-32-30-42(3)57(74-49)48(9)59(68)69/h18-19,21-22,42-55,57-58,66,70-73H,13-17,20,23-41H2,1-12H3,(H,68,69)/b19-18-,22-21-/t42-,43-,44-,45+,46+,47-,48+,49+,50+,51+,52-,53+,54-,55+,57-,58+,60+,61-,62-,63+,64+,65+/m0/s1. The molecule has 0 unspecified atom stereocenters. The van der Waals surface area contributed by atoms with E-state index in [1.54, 1.807) is 6.92 Å². The number of carboxylic acids is 1. The third-order valence-corrected chi connectivity index (χ3v) is 20.5. The van der Waals surface area contributed by atoms with Crippen LogP contribution in [0.15, 0.2) is 24.3 Å². The maximum atomic E-state index is 14.2. The summed E-state index contributed by atoms with van der Waals surface area (Å²) in [6.45, 7) is 23.3. The van der Waals surface area contributed by atoms with Gasteiger partial charge in [-0.2, -0.15) is 0 Å². The van der Waals surface area contributed by atoms with Crippen molar-refractivity contribution < 1.29 is 73.4 Å². The molecular formula is C65H112O15. The van der Waals surface area contributed by atoms with Gasteiger partial charge in [-0.1, -0.05) is 112 Å². The van der Waals surface area contributed by atoms with E-state index in [1.807, 2.05) is 69.2 Å². The van der Waals surface area contributed by atoms with Gasteiger partial charge in [-0.05, 0) is 155 Å². The third kappa shape index (κ3) is 16.1. The number of esters is 1. The first-order chi connectivity index (χ1) is 37.7. The molecule has 15 nitrogen and oxygen atoms in total. The first kappa shape index (κ1) is 67.1. The van der Waals surface area contributed by atoms with E-state index in [4.69, 9.17) is 33.2 Å². The molecular weight excluding hydrogens is 1020 g/mol. The number of aliphatic carboxylic acids is 1. The van der Waals surface area contributed by atoms with Crippen molar-refractivity contribution in [2.45, 2.75) is 333 Å². The Morgan fingerprint density at radius 3 is 2.06 bits per heavy atom. The van der Waals surface area contributed by atoms with Gasteiger partial charge in [-0.25, -0.2) is 0 Å². The van der Waals surface area contributed by atoms with Crippen LogP contribution in [0.1, 0.15) is 244 Å². The molecule has 0 spiro atoms. The number of rotatable bonds is 28. The van der Waals surface area contributed by atoms with Crippen molar-refractivity contribution in [1.29, 1.82) is 0 Å². The number of hydrogen-bond donors (Lipinski definition) is 6. The zero-order valence-electron chi connectivity index (χ0n) is 51.6. The van der Waals surface area contributed by atoms with Crippen molar-refractivity contribution in [3.8, 4) is 0 Å². The van der Waals surface area contributed by atoms with Crippen molar-refractivity contribution in [2.75, 3.05) is 0 Å². The second kappa shape index (κ2) is 28.9. The van der Waals surface area contributed by atoms with Gasteiger partial charge in [0.25, 0.3) is 0 Å². The first-order valence-corrected chi connectivity index (χ1v) is 32.0. The fourth-order valence-corrected chi connectivity index (χ4v) is 14.7. The number of ether oxygens (including phenoxy) is 7. The number of hydrogen-bond acceptors (Lipinski definition) is 14. The highest BCUT2D eigenvalue weighted by Gasteiger charge is 2.68. The fourth-order valence-electron chi connectivity index (χ4n) is 14.7. The van der Waals surface area contributed by atoms with Crippen molar-refractivity contribution >= 4 is 11.9 Å². The van der Waals surface area contributed by atoms with Crippen LogP contribution in [-0.2, 0) is 42.7 Å². The maximum Gasteiger partial charge on any atom is 0.308 e. The van der Waals surface area contributed by atoms with Crippen LogP contribution in [0.5, 0.6) is 0 Å². The van der Waals surface area contributed by atoms with Crippen molar-refractivity contribution in [2.24, 2.45) is 41.4 Å². The summed E-state index contributed by atoms with van der Waals surface area (Å²) in [6, 6.07) is 0. The Morgan fingerprint density at radius 1 is 0.713 bits per heavy atom. The van der Waals surface area contributed by atoms with Gasteiger partial charge in [0.1, 0.15) is 11.7 Å². The molecule has 0 aliphatic carbocycles. The predicted octanol–water partition coefficient (Wildman–Crippen LogP) is 11.8. The van der Waals surface area contributed by atoms with Gasteiger partial charge in [0.15, 0.2) is 17.7 Å². The highest BCUT2D eigenvalue weighted by Crippen LogP contribution is 2.56. The lowest BCUT2D eigenvalue weighted by Gasteiger charge is -2.52. The summed E-state index contributed by atoms with van der Waals surface area (Å²) in [5, 5.41) is 71.2. The molecule has 6 N–H and O–H groups in total. The molecule has 15 heteroatoms. The van der Waals surface area contributed by atoms with Crippen LogP contribution >= 0.6 is 0 Å². The van der Waals surface area contributed by atoms with E-state index in [0.717, 1.165) is 51.4 Å². The van der Waals surface area contributed by atoms with Crippen LogP contribution in [0.3, 0.4) is 0 Å². The molecule has 0 saturated carbocycles. The Morgan fingerprint density at radius 2 is 1.39 bits per heavy atom. The van der Waals surface area contributed by atoms with E-state index in [1.165, 1.54) is 19.3 Å². The minimum Gasteiger partial charge on any atom is -0.481 e. The summed E-state index contributed by atoms with van der Waals surface area (Å²) in [5.74, 6) is -9.27. The van der Waals surface area contributed by atoms with Gasteiger partial charge in [0.05, 0.1) is 59.8 Å². The Kier molecular flexibility index (Phi) is 24.3. The number of unbranched alkanes of at least 4 members (excludes halogenated alkanes) is 8. The van der Waals surface area contributed by atoms with Gasteiger partial charge < -0.3 is 63.8 Å². The summed E-state index contributed by atoms with van der Waals surface area (Å²) in [4.78, 5) is 26.1. The molecule has 80 heavy (non-hydrogen) atoms. The van der Waals surface area contributed by atoms with Gasteiger partial charge >= 0.3 is 11.9 Å². The van der Waals surface area contributed by atoms with Crippen LogP contribution in [0.2, 0.25) is 0 Å². The largest absolute Gasteiger partial charge is 0.481 e. The van der Waals surface area contributed by atoms with Crippen molar-refractivity contribution in [1.82, 2.24) is 0 Å². The molecule has 0 aromatic carbocycles. The summed E-state index contributed by atoms with van der Waals surface area (Å²) in [5.41, 5.74) is -3.15. The summed E-state index contributed by atoms with van der Waals surface area (Å²) < 4.78 is 46.8.